The van der Waals surface area contributed by atoms with Gasteiger partial charge in [-0.25, -0.2) is 10.0 Å². The molecular weight excluding hydrogens is 376 g/mol. The molecule has 4 rings (SSSR count). The van der Waals surface area contributed by atoms with Gasteiger partial charge in [0.05, 0.1) is 0 Å². The van der Waals surface area contributed by atoms with E-state index in [1.807, 2.05) is 50.5 Å². The van der Waals surface area contributed by atoms with Crippen LogP contribution in [0.4, 0.5) is 0 Å². The van der Waals surface area contributed by atoms with Crippen molar-refractivity contribution in [1.82, 2.24) is 10.0 Å². The molecular formula is C25H28N2O3. The minimum atomic E-state index is -0.178. The molecule has 5 heteroatoms. The lowest BCUT2D eigenvalue weighted by Crippen LogP contribution is -2.47. The number of nitrogens with zero attached hydrogens (tertiary/aromatic N) is 2. The predicted molar refractivity (Wildman–Crippen MR) is 116 cm³/mol. The third-order valence-electron chi connectivity index (χ3n) is 5.82. The van der Waals surface area contributed by atoms with Crippen LogP contribution >= 0.6 is 0 Å². The summed E-state index contributed by atoms with van der Waals surface area (Å²) in [6.45, 7) is 2.57. The number of hydrogen-bond acceptors (Lipinski definition) is 4. The fraction of sp³-hybridized carbons (Fsp3) is 0.360. The lowest BCUT2D eigenvalue weighted by Gasteiger charge is -2.41. The van der Waals surface area contributed by atoms with Crippen molar-refractivity contribution in [1.29, 1.82) is 0 Å². The number of Topliss-reactive ketones (excluding diaryl/α,β-unsaturated/α-hetero) is 1. The topological polar surface area (TPSA) is 49.9 Å². The SMILES string of the molecule is Cc1cccc(COc2ccc(C3CC(=O)N(N(C)C)C4=C3C(=O)CCC4)cc2)c1. The van der Waals surface area contributed by atoms with Crippen molar-refractivity contribution in [2.75, 3.05) is 14.1 Å². The molecule has 156 valence electrons. The molecule has 2 aromatic carbocycles. The van der Waals surface area contributed by atoms with Gasteiger partial charge < -0.3 is 4.74 Å². The Bertz CT molecular complexity index is 992. The number of carbonyl (C=O) groups excluding carboxylic acids is 2. The Morgan fingerprint density at radius 1 is 1.07 bits per heavy atom. The summed E-state index contributed by atoms with van der Waals surface area (Å²) in [4.78, 5) is 25.7. The van der Waals surface area contributed by atoms with Crippen LogP contribution in [0.1, 0.15) is 48.3 Å². The van der Waals surface area contributed by atoms with Crippen molar-refractivity contribution >= 4 is 11.7 Å². The molecule has 1 atom stereocenters. The normalized spacial score (nSPS) is 19.3. The van der Waals surface area contributed by atoms with E-state index < -0.39 is 0 Å². The minimum absolute atomic E-state index is 0.0400. The molecule has 1 unspecified atom stereocenters. The lowest BCUT2D eigenvalue weighted by atomic mass is 9.77. The van der Waals surface area contributed by atoms with Gasteiger partial charge in [-0.1, -0.05) is 42.0 Å². The summed E-state index contributed by atoms with van der Waals surface area (Å²) in [5.41, 5.74) is 5.01. The number of ketones is 1. The van der Waals surface area contributed by atoms with Gasteiger partial charge >= 0.3 is 0 Å². The summed E-state index contributed by atoms with van der Waals surface area (Å²) < 4.78 is 5.93. The monoisotopic (exact) mass is 404 g/mol. The first-order valence-electron chi connectivity index (χ1n) is 10.5. The quantitative estimate of drug-likeness (QED) is 0.742. The van der Waals surface area contributed by atoms with Gasteiger partial charge in [-0.05, 0) is 43.0 Å². The average molecular weight is 405 g/mol. The molecule has 2 aromatic rings. The first-order chi connectivity index (χ1) is 14.4. The number of amides is 1. The first-order valence-corrected chi connectivity index (χ1v) is 10.5. The number of rotatable bonds is 5. The van der Waals surface area contributed by atoms with Crippen LogP contribution in [0.25, 0.3) is 0 Å². The van der Waals surface area contributed by atoms with Crippen LogP contribution in [-0.2, 0) is 16.2 Å². The Labute approximate surface area is 177 Å². The molecule has 0 fully saturated rings. The van der Waals surface area contributed by atoms with Gasteiger partial charge in [0.2, 0.25) is 5.91 Å². The Morgan fingerprint density at radius 3 is 2.53 bits per heavy atom. The summed E-state index contributed by atoms with van der Waals surface area (Å²) >= 11 is 0. The Kier molecular flexibility index (Phi) is 5.73. The van der Waals surface area contributed by atoms with Gasteiger partial charge in [-0.3, -0.25) is 9.59 Å². The van der Waals surface area contributed by atoms with Crippen molar-refractivity contribution in [3.05, 3.63) is 76.5 Å². The number of benzene rings is 2. The number of hydrazine groups is 1. The molecule has 0 bridgehead atoms. The maximum absolute atomic E-state index is 12.8. The van der Waals surface area contributed by atoms with Crippen molar-refractivity contribution < 1.29 is 14.3 Å². The molecule has 1 amide bonds. The first kappa shape index (κ1) is 20.4. The van der Waals surface area contributed by atoms with Crippen LogP contribution < -0.4 is 4.74 Å². The highest BCUT2D eigenvalue weighted by Crippen LogP contribution is 2.42. The maximum atomic E-state index is 12.8. The van der Waals surface area contributed by atoms with E-state index in [0.717, 1.165) is 41.0 Å². The third-order valence-corrected chi connectivity index (χ3v) is 5.82. The summed E-state index contributed by atoms with van der Waals surface area (Å²) in [5, 5.41) is 3.47. The van der Waals surface area contributed by atoms with Crippen LogP contribution in [0, 0.1) is 6.92 Å². The van der Waals surface area contributed by atoms with E-state index in [9.17, 15) is 9.59 Å². The Hall–Kier alpha value is -2.92. The van der Waals surface area contributed by atoms with Crippen LogP contribution in [0.3, 0.4) is 0 Å². The number of aryl methyl sites for hydroxylation is 1. The van der Waals surface area contributed by atoms with E-state index in [1.165, 1.54) is 5.56 Å². The molecule has 0 saturated heterocycles. The highest BCUT2D eigenvalue weighted by atomic mass is 16.5. The van der Waals surface area contributed by atoms with Gasteiger partial charge in [-0.2, -0.15) is 0 Å². The van der Waals surface area contributed by atoms with Crippen LogP contribution in [-0.4, -0.2) is 35.8 Å². The lowest BCUT2D eigenvalue weighted by molar-refractivity contribution is -0.143. The largest absolute Gasteiger partial charge is 0.489 e. The van der Waals surface area contributed by atoms with Crippen molar-refractivity contribution in [2.45, 2.75) is 45.1 Å². The van der Waals surface area contributed by atoms with Gasteiger partial charge in [0.1, 0.15) is 12.4 Å². The molecule has 0 aromatic heterocycles. The molecule has 0 radical (unpaired) electrons. The molecule has 0 spiro atoms. The van der Waals surface area contributed by atoms with E-state index in [0.29, 0.717) is 19.4 Å². The number of ether oxygens (including phenoxy) is 1. The molecule has 1 aliphatic heterocycles. The molecule has 0 saturated carbocycles. The van der Waals surface area contributed by atoms with E-state index in [1.54, 1.807) is 10.0 Å². The molecule has 1 heterocycles. The second kappa shape index (κ2) is 8.44. The van der Waals surface area contributed by atoms with Crippen molar-refractivity contribution in [2.24, 2.45) is 0 Å². The smallest absolute Gasteiger partial charge is 0.242 e. The summed E-state index contributed by atoms with van der Waals surface area (Å²) in [5.74, 6) is 0.808. The van der Waals surface area contributed by atoms with E-state index in [-0.39, 0.29) is 17.6 Å². The summed E-state index contributed by atoms with van der Waals surface area (Å²) in [7, 11) is 3.70. The van der Waals surface area contributed by atoms with Gasteiger partial charge in [0, 0.05) is 44.1 Å². The molecule has 1 aliphatic carbocycles. The van der Waals surface area contributed by atoms with E-state index in [2.05, 4.69) is 19.1 Å². The predicted octanol–water partition coefficient (Wildman–Crippen LogP) is 4.37. The standard InChI is InChI=1S/C25H28N2O3/c1-17-6-4-7-18(14-17)16-30-20-12-10-19(11-13-20)21-15-24(29)27(26(2)3)22-8-5-9-23(28)25(21)22/h4,6-7,10-14,21H,5,8-9,15-16H2,1-3H3. The second-order valence-corrected chi connectivity index (χ2v) is 8.29. The minimum Gasteiger partial charge on any atom is -0.489 e. The summed E-state index contributed by atoms with van der Waals surface area (Å²) in [6.07, 6.45) is 2.43. The highest BCUT2D eigenvalue weighted by Gasteiger charge is 2.39. The Morgan fingerprint density at radius 2 is 1.83 bits per heavy atom. The fourth-order valence-corrected chi connectivity index (χ4v) is 4.49. The third kappa shape index (κ3) is 4.03. The zero-order valence-corrected chi connectivity index (χ0v) is 17.9. The molecule has 30 heavy (non-hydrogen) atoms. The number of allylic oxidation sites excluding steroid dienone is 2. The summed E-state index contributed by atoms with van der Waals surface area (Å²) in [6, 6.07) is 16.1. The second-order valence-electron chi connectivity index (χ2n) is 8.29. The van der Waals surface area contributed by atoms with Crippen molar-refractivity contribution in [3.8, 4) is 5.75 Å². The van der Waals surface area contributed by atoms with Gasteiger partial charge in [0.15, 0.2) is 5.78 Å². The van der Waals surface area contributed by atoms with Crippen molar-refractivity contribution in [3.63, 3.8) is 0 Å². The maximum Gasteiger partial charge on any atom is 0.242 e. The zero-order chi connectivity index (χ0) is 21.3. The van der Waals surface area contributed by atoms with E-state index in [4.69, 9.17) is 4.74 Å². The Balaban J connectivity index is 1.56. The fourth-order valence-electron chi connectivity index (χ4n) is 4.49. The number of carbonyl (C=O) groups is 2. The van der Waals surface area contributed by atoms with Crippen LogP contribution in [0.15, 0.2) is 59.8 Å². The molecule has 2 aliphatic rings. The van der Waals surface area contributed by atoms with Gasteiger partial charge in [-0.15, -0.1) is 0 Å². The zero-order valence-electron chi connectivity index (χ0n) is 17.9. The average Bonchev–Trinajstić information content (AvgIpc) is 2.72. The van der Waals surface area contributed by atoms with E-state index >= 15 is 0 Å². The highest BCUT2D eigenvalue weighted by molar-refractivity contribution is 6.01. The van der Waals surface area contributed by atoms with Gasteiger partial charge in [0.25, 0.3) is 0 Å². The molecule has 5 nitrogen and oxygen atoms in total. The number of hydrogen-bond donors (Lipinski definition) is 0. The van der Waals surface area contributed by atoms with Crippen LogP contribution in [0.2, 0.25) is 0 Å². The van der Waals surface area contributed by atoms with Crippen LogP contribution in [0.5, 0.6) is 5.75 Å². The molecule has 0 N–H and O–H groups in total.